The minimum Gasteiger partial charge on any atom is -0.480 e. The molecule has 0 aliphatic heterocycles. The molecular weight excluding hydrogens is 175 g/mol. The minimum atomic E-state index is -4.65. The van der Waals surface area contributed by atoms with E-state index in [0.717, 1.165) is 5.32 Å². The Kier molecular flexibility index (Phi) is 3.51. The van der Waals surface area contributed by atoms with Gasteiger partial charge in [-0.1, -0.05) is 13.8 Å². The van der Waals surface area contributed by atoms with Crippen molar-refractivity contribution in [3.63, 3.8) is 0 Å². The summed E-state index contributed by atoms with van der Waals surface area (Å²) < 4.78 is 35.0. The van der Waals surface area contributed by atoms with Crippen LogP contribution in [0.5, 0.6) is 0 Å². The fourth-order valence-corrected chi connectivity index (χ4v) is 0.690. The van der Waals surface area contributed by atoms with Crippen LogP contribution in [0, 0.1) is 5.92 Å². The van der Waals surface area contributed by atoms with Gasteiger partial charge in [0.15, 0.2) is 0 Å². The van der Waals surface area contributed by atoms with Crippen molar-refractivity contribution in [2.75, 3.05) is 0 Å². The quantitative estimate of drug-likeness (QED) is 0.649. The summed E-state index contributed by atoms with van der Waals surface area (Å²) in [4.78, 5) is 10.3. The lowest BCUT2D eigenvalue weighted by Crippen LogP contribution is -2.48. The highest BCUT2D eigenvalue weighted by molar-refractivity contribution is 5.73. The third-order valence-corrected chi connectivity index (χ3v) is 1.25. The van der Waals surface area contributed by atoms with Gasteiger partial charge < -0.3 is 5.11 Å². The Balaban J connectivity index is 4.25. The maximum atomic E-state index is 11.7. The van der Waals surface area contributed by atoms with E-state index in [2.05, 4.69) is 0 Å². The van der Waals surface area contributed by atoms with Gasteiger partial charge in [-0.2, -0.15) is 13.2 Å². The van der Waals surface area contributed by atoms with Crippen LogP contribution in [0.1, 0.15) is 13.8 Å². The number of carboxylic acids is 1. The van der Waals surface area contributed by atoms with Crippen molar-refractivity contribution in [3.8, 4) is 0 Å². The zero-order valence-electron chi connectivity index (χ0n) is 6.64. The standard InChI is InChI=1S/C6H10F3NO2/c1-3(2)4(5(11)12)10-6(7,8)9/h3-4,10H,1-2H3,(H,11,12)/t4-/m0/s1. The van der Waals surface area contributed by atoms with Gasteiger partial charge in [0.1, 0.15) is 6.04 Å². The molecule has 0 fully saturated rings. The van der Waals surface area contributed by atoms with Crippen LogP contribution in [0.25, 0.3) is 0 Å². The first kappa shape index (κ1) is 11.2. The van der Waals surface area contributed by atoms with Crippen LogP contribution < -0.4 is 5.32 Å². The first-order valence-electron chi connectivity index (χ1n) is 3.31. The average Bonchev–Trinajstić information content (AvgIpc) is 1.79. The molecule has 0 aromatic rings. The van der Waals surface area contributed by atoms with Crippen LogP contribution in [0.15, 0.2) is 0 Å². The van der Waals surface area contributed by atoms with Crippen molar-refractivity contribution in [2.24, 2.45) is 5.92 Å². The van der Waals surface area contributed by atoms with Crippen molar-refractivity contribution in [1.29, 1.82) is 0 Å². The number of aliphatic carboxylic acids is 1. The Morgan fingerprint density at radius 3 is 1.92 bits per heavy atom. The Bertz CT molecular complexity index is 167. The van der Waals surface area contributed by atoms with Crippen molar-refractivity contribution in [1.82, 2.24) is 5.32 Å². The van der Waals surface area contributed by atoms with Crippen LogP contribution in [0.3, 0.4) is 0 Å². The number of alkyl halides is 3. The molecule has 72 valence electrons. The monoisotopic (exact) mass is 185 g/mol. The predicted molar refractivity (Wildman–Crippen MR) is 35.5 cm³/mol. The second-order valence-electron chi connectivity index (χ2n) is 2.70. The normalized spacial score (nSPS) is 14.8. The number of halogens is 3. The van der Waals surface area contributed by atoms with Gasteiger partial charge in [0.05, 0.1) is 0 Å². The fourth-order valence-electron chi connectivity index (χ4n) is 0.690. The largest absolute Gasteiger partial charge is 0.480 e. The second-order valence-corrected chi connectivity index (χ2v) is 2.70. The second kappa shape index (κ2) is 3.75. The van der Waals surface area contributed by atoms with E-state index in [1.165, 1.54) is 13.8 Å². The first-order chi connectivity index (χ1) is 5.24. The van der Waals surface area contributed by atoms with E-state index in [9.17, 15) is 18.0 Å². The summed E-state index contributed by atoms with van der Waals surface area (Å²) in [6.07, 6.45) is -4.65. The molecule has 0 bridgehead atoms. The molecule has 0 unspecified atom stereocenters. The topological polar surface area (TPSA) is 49.3 Å². The van der Waals surface area contributed by atoms with Crippen molar-refractivity contribution in [3.05, 3.63) is 0 Å². The number of hydrogen-bond acceptors (Lipinski definition) is 2. The molecular formula is C6H10F3NO2. The van der Waals surface area contributed by atoms with Crippen LogP contribution in [-0.2, 0) is 4.79 Å². The Morgan fingerprint density at radius 1 is 1.42 bits per heavy atom. The summed E-state index contributed by atoms with van der Waals surface area (Å²) in [5.41, 5.74) is 0. The Labute approximate surface area is 67.6 Å². The lowest BCUT2D eigenvalue weighted by molar-refractivity contribution is -0.177. The summed E-state index contributed by atoms with van der Waals surface area (Å²) in [5.74, 6) is -2.11. The smallest absolute Gasteiger partial charge is 0.457 e. The highest BCUT2D eigenvalue weighted by Gasteiger charge is 2.35. The van der Waals surface area contributed by atoms with E-state index in [4.69, 9.17) is 5.11 Å². The highest BCUT2D eigenvalue weighted by atomic mass is 19.4. The van der Waals surface area contributed by atoms with E-state index in [-0.39, 0.29) is 0 Å². The maximum Gasteiger partial charge on any atom is 0.457 e. The predicted octanol–water partition coefficient (Wildman–Crippen LogP) is 1.20. The van der Waals surface area contributed by atoms with Gasteiger partial charge in [-0.25, -0.2) is 5.32 Å². The van der Waals surface area contributed by atoms with E-state index in [1.807, 2.05) is 0 Å². The molecule has 0 heterocycles. The Morgan fingerprint density at radius 2 is 1.83 bits per heavy atom. The molecule has 0 aromatic heterocycles. The van der Waals surface area contributed by atoms with Gasteiger partial charge >= 0.3 is 12.3 Å². The van der Waals surface area contributed by atoms with Gasteiger partial charge in [-0.05, 0) is 5.92 Å². The summed E-state index contributed by atoms with van der Waals surface area (Å²) in [6, 6.07) is -1.58. The number of carboxylic acid groups (broad SMARTS) is 1. The van der Waals surface area contributed by atoms with E-state index < -0.39 is 24.2 Å². The lowest BCUT2D eigenvalue weighted by atomic mass is 10.1. The third-order valence-electron chi connectivity index (χ3n) is 1.25. The average molecular weight is 185 g/mol. The van der Waals surface area contributed by atoms with Crippen LogP contribution in [0.2, 0.25) is 0 Å². The van der Waals surface area contributed by atoms with Crippen LogP contribution in [-0.4, -0.2) is 23.4 Å². The molecule has 0 aromatic carbocycles. The molecule has 1 atom stereocenters. The number of rotatable bonds is 3. The number of nitrogens with one attached hydrogen (secondary N) is 1. The number of hydrogen-bond donors (Lipinski definition) is 2. The molecule has 0 rings (SSSR count). The molecule has 0 aliphatic carbocycles. The summed E-state index contributed by atoms with van der Waals surface area (Å²) in [6.45, 7) is 2.80. The Hall–Kier alpha value is -0.780. The van der Waals surface area contributed by atoms with Gasteiger partial charge in [0, 0.05) is 0 Å². The zero-order chi connectivity index (χ0) is 9.94. The lowest BCUT2D eigenvalue weighted by Gasteiger charge is -2.19. The molecule has 2 N–H and O–H groups in total. The highest BCUT2D eigenvalue weighted by Crippen LogP contribution is 2.14. The van der Waals surface area contributed by atoms with Gasteiger partial charge in [0.2, 0.25) is 0 Å². The molecule has 0 spiro atoms. The van der Waals surface area contributed by atoms with Crippen molar-refractivity contribution >= 4 is 5.97 Å². The molecule has 12 heavy (non-hydrogen) atoms. The number of carbonyl (C=O) groups is 1. The van der Waals surface area contributed by atoms with Crippen LogP contribution in [0.4, 0.5) is 13.2 Å². The molecule has 0 saturated carbocycles. The molecule has 0 radical (unpaired) electrons. The minimum absolute atomic E-state index is 0.607. The third kappa shape index (κ3) is 4.17. The van der Waals surface area contributed by atoms with Crippen LogP contribution >= 0.6 is 0 Å². The molecule has 0 amide bonds. The fraction of sp³-hybridized carbons (Fsp3) is 0.833. The molecule has 6 heteroatoms. The summed E-state index contributed by atoms with van der Waals surface area (Å²) in [5, 5.41) is 9.40. The summed E-state index contributed by atoms with van der Waals surface area (Å²) in [7, 11) is 0. The zero-order valence-corrected chi connectivity index (χ0v) is 6.64. The molecule has 3 nitrogen and oxygen atoms in total. The van der Waals surface area contributed by atoms with Gasteiger partial charge in [-0.3, -0.25) is 4.79 Å². The maximum absolute atomic E-state index is 11.7. The van der Waals surface area contributed by atoms with Crippen molar-refractivity contribution in [2.45, 2.75) is 26.2 Å². The van der Waals surface area contributed by atoms with Gasteiger partial charge in [0.25, 0.3) is 0 Å². The van der Waals surface area contributed by atoms with E-state index in [1.54, 1.807) is 0 Å². The van der Waals surface area contributed by atoms with E-state index >= 15 is 0 Å². The summed E-state index contributed by atoms with van der Waals surface area (Å²) >= 11 is 0. The molecule has 0 saturated heterocycles. The van der Waals surface area contributed by atoms with E-state index in [0.29, 0.717) is 0 Å². The van der Waals surface area contributed by atoms with Crippen molar-refractivity contribution < 1.29 is 23.1 Å². The molecule has 0 aliphatic rings. The van der Waals surface area contributed by atoms with Gasteiger partial charge in [-0.15, -0.1) is 0 Å². The first-order valence-corrected chi connectivity index (χ1v) is 3.31. The SMILES string of the molecule is CC(C)[C@H](NC(F)(F)F)C(=O)O.